The smallest absolute Gasteiger partial charge is 0.228 e. The summed E-state index contributed by atoms with van der Waals surface area (Å²) in [4.78, 5) is 34.1. The number of rotatable bonds is 5. The van der Waals surface area contributed by atoms with Gasteiger partial charge in [0.2, 0.25) is 11.8 Å². The van der Waals surface area contributed by atoms with E-state index in [4.69, 9.17) is 0 Å². The van der Waals surface area contributed by atoms with Crippen LogP contribution < -0.4 is 0 Å². The van der Waals surface area contributed by atoms with Gasteiger partial charge in [0, 0.05) is 76.3 Å². The Hall–Kier alpha value is -1.14. The molecule has 0 aromatic rings. The zero-order chi connectivity index (χ0) is 20.9. The van der Waals surface area contributed by atoms with Gasteiger partial charge in [-0.15, -0.1) is 0 Å². The lowest BCUT2D eigenvalue weighted by Crippen LogP contribution is -2.53. The second-order valence-corrected chi connectivity index (χ2v) is 9.83. The van der Waals surface area contributed by atoms with E-state index < -0.39 is 0 Å². The number of carbonyl (C=O) groups excluding carboxylic acids is 2. The Labute approximate surface area is 172 Å². The van der Waals surface area contributed by atoms with Crippen LogP contribution in [0.1, 0.15) is 60.8 Å². The Morgan fingerprint density at radius 1 is 0.786 bits per heavy atom. The van der Waals surface area contributed by atoms with Crippen molar-refractivity contribution in [1.82, 2.24) is 19.6 Å². The van der Waals surface area contributed by atoms with Gasteiger partial charge < -0.3 is 9.80 Å². The molecule has 6 heteroatoms. The molecule has 2 aliphatic rings. The number of piperazine rings is 1. The molecule has 0 spiro atoms. The molecule has 0 aliphatic carbocycles. The fourth-order valence-corrected chi connectivity index (χ4v) is 4.22. The molecular weight excluding hydrogens is 352 g/mol. The molecule has 2 rings (SSSR count). The number of carbonyl (C=O) groups is 2. The summed E-state index contributed by atoms with van der Waals surface area (Å²) in [7, 11) is 0. The van der Waals surface area contributed by atoms with Crippen LogP contribution in [0, 0.1) is 5.41 Å². The fourth-order valence-electron chi connectivity index (χ4n) is 4.22. The number of amides is 2. The third kappa shape index (κ3) is 6.45. The third-order valence-corrected chi connectivity index (χ3v) is 6.26. The maximum atomic E-state index is 12.7. The first-order chi connectivity index (χ1) is 13.1. The molecule has 2 amide bonds. The molecule has 2 aliphatic heterocycles. The molecule has 1 atom stereocenters. The van der Waals surface area contributed by atoms with Gasteiger partial charge in [-0.2, -0.15) is 0 Å². The fraction of sp³-hybridized carbons (Fsp3) is 0.909. The maximum Gasteiger partial charge on any atom is 0.228 e. The molecule has 162 valence electrons. The predicted octanol–water partition coefficient (Wildman–Crippen LogP) is 2.29. The highest BCUT2D eigenvalue weighted by molar-refractivity contribution is 5.81. The van der Waals surface area contributed by atoms with Crippen LogP contribution in [0.5, 0.6) is 0 Å². The van der Waals surface area contributed by atoms with Crippen LogP contribution in [0.3, 0.4) is 0 Å². The third-order valence-electron chi connectivity index (χ3n) is 6.26. The SMILES string of the molecule is CC(C)N1CCCN(C(=O)CCC(C)N2CCN(C(=O)C(C)(C)C)CC2)CC1. The Morgan fingerprint density at radius 3 is 1.93 bits per heavy atom. The van der Waals surface area contributed by atoms with Crippen LogP contribution in [-0.2, 0) is 9.59 Å². The molecule has 0 aromatic heterocycles. The van der Waals surface area contributed by atoms with E-state index >= 15 is 0 Å². The summed E-state index contributed by atoms with van der Waals surface area (Å²) in [6.07, 6.45) is 2.60. The normalized spacial score (nSPS) is 21.7. The van der Waals surface area contributed by atoms with Gasteiger partial charge in [-0.1, -0.05) is 20.8 Å². The average Bonchev–Trinajstić information content (AvgIpc) is 2.91. The van der Waals surface area contributed by atoms with Crippen molar-refractivity contribution in [3.63, 3.8) is 0 Å². The van der Waals surface area contributed by atoms with E-state index in [1.54, 1.807) is 0 Å². The second kappa shape index (κ2) is 10.1. The van der Waals surface area contributed by atoms with E-state index in [1.165, 1.54) is 0 Å². The second-order valence-electron chi connectivity index (χ2n) is 9.83. The molecule has 0 N–H and O–H groups in total. The lowest BCUT2D eigenvalue weighted by molar-refractivity contribution is -0.141. The maximum absolute atomic E-state index is 12.7. The van der Waals surface area contributed by atoms with Crippen molar-refractivity contribution in [2.24, 2.45) is 5.41 Å². The summed E-state index contributed by atoms with van der Waals surface area (Å²) in [6.45, 7) is 19.9. The summed E-state index contributed by atoms with van der Waals surface area (Å²) in [6, 6.07) is 0.939. The summed E-state index contributed by atoms with van der Waals surface area (Å²) in [5, 5.41) is 0. The molecule has 2 heterocycles. The van der Waals surface area contributed by atoms with Gasteiger partial charge in [0.25, 0.3) is 0 Å². The summed E-state index contributed by atoms with van der Waals surface area (Å²) in [5.74, 6) is 0.547. The zero-order valence-corrected chi connectivity index (χ0v) is 19.0. The molecule has 0 aromatic carbocycles. The number of hydrogen-bond donors (Lipinski definition) is 0. The van der Waals surface area contributed by atoms with Crippen LogP contribution in [0.25, 0.3) is 0 Å². The van der Waals surface area contributed by atoms with Crippen LogP contribution in [0.15, 0.2) is 0 Å². The van der Waals surface area contributed by atoms with E-state index in [2.05, 4.69) is 35.5 Å². The number of nitrogens with zero attached hydrogens (tertiary/aromatic N) is 4. The van der Waals surface area contributed by atoms with Gasteiger partial charge in [0.1, 0.15) is 0 Å². The van der Waals surface area contributed by atoms with Crippen molar-refractivity contribution in [2.75, 3.05) is 52.4 Å². The molecular formula is C22H42N4O2. The number of hydrogen-bond acceptors (Lipinski definition) is 4. The largest absolute Gasteiger partial charge is 0.341 e. The van der Waals surface area contributed by atoms with Crippen molar-refractivity contribution >= 4 is 11.8 Å². The first-order valence-electron chi connectivity index (χ1n) is 11.1. The summed E-state index contributed by atoms with van der Waals surface area (Å²) >= 11 is 0. The predicted molar refractivity (Wildman–Crippen MR) is 114 cm³/mol. The lowest BCUT2D eigenvalue weighted by atomic mass is 9.94. The van der Waals surface area contributed by atoms with E-state index in [0.29, 0.717) is 24.4 Å². The molecule has 1 unspecified atom stereocenters. The zero-order valence-electron chi connectivity index (χ0n) is 19.0. The monoisotopic (exact) mass is 394 g/mol. The summed E-state index contributed by atoms with van der Waals surface area (Å²) < 4.78 is 0. The van der Waals surface area contributed by atoms with Crippen molar-refractivity contribution in [3.8, 4) is 0 Å². The van der Waals surface area contributed by atoms with Gasteiger partial charge in [0.05, 0.1) is 0 Å². The van der Waals surface area contributed by atoms with E-state index in [9.17, 15) is 9.59 Å². The van der Waals surface area contributed by atoms with Crippen molar-refractivity contribution in [2.45, 2.75) is 72.9 Å². The Bertz CT molecular complexity index is 521. The van der Waals surface area contributed by atoms with E-state index in [0.717, 1.165) is 65.2 Å². The Morgan fingerprint density at radius 2 is 1.36 bits per heavy atom. The topological polar surface area (TPSA) is 47.1 Å². The van der Waals surface area contributed by atoms with Crippen LogP contribution >= 0.6 is 0 Å². The Kier molecular flexibility index (Phi) is 8.31. The molecule has 2 fully saturated rings. The van der Waals surface area contributed by atoms with E-state index in [-0.39, 0.29) is 11.3 Å². The quantitative estimate of drug-likeness (QED) is 0.718. The minimum atomic E-state index is -0.307. The molecule has 0 radical (unpaired) electrons. The Balaban J connectivity index is 1.73. The van der Waals surface area contributed by atoms with Crippen LogP contribution in [-0.4, -0.2) is 95.9 Å². The highest BCUT2D eigenvalue weighted by atomic mass is 16.2. The highest BCUT2D eigenvalue weighted by Crippen LogP contribution is 2.20. The molecule has 0 bridgehead atoms. The van der Waals surface area contributed by atoms with Gasteiger partial charge in [-0.3, -0.25) is 19.4 Å². The highest BCUT2D eigenvalue weighted by Gasteiger charge is 2.31. The average molecular weight is 395 g/mol. The van der Waals surface area contributed by atoms with Gasteiger partial charge in [-0.05, 0) is 33.6 Å². The van der Waals surface area contributed by atoms with Crippen LogP contribution in [0.2, 0.25) is 0 Å². The van der Waals surface area contributed by atoms with Crippen molar-refractivity contribution in [1.29, 1.82) is 0 Å². The van der Waals surface area contributed by atoms with Gasteiger partial charge in [0.15, 0.2) is 0 Å². The minimum Gasteiger partial charge on any atom is -0.341 e. The van der Waals surface area contributed by atoms with Gasteiger partial charge >= 0.3 is 0 Å². The molecule has 0 saturated carbocycles. The first-order valence-corrected chi connectivity index (χ1v) is 11.1. The standard InChI is InChI=1S/C22H42N4O2/c1-18(2)23-10-7-11-25(15-12-23)20(27)9-8-19(3)24-13-16-26(17-14-24)21(28)22(4,5)6/h18-19H,7-17H2,1-6H3. The first kappa shape index (κ1) is 23.1. The van der Waals surface area contributed by atoms with Gasteiger partial charge in [-0.25, -0.2) is 0 Å². The molecule has 28 heavy (non-hydrogen) atoms. The van der Waals surface area contributed by atoms with Crippen molar-refractivity contribution in [3.05, 3.63) is 0 Å². The van der Waals surface area contributed by atoms with E-state index in [1.807, 2.05) is 25.7 Å². The summed E-state index contributed by atoms with van der Waals surface area (Å²) in [5.41, 5.74) is -0.307. The van der Waals surface area contributed by atoms with Crippen molar-refractivity contribution < 1.29 is 9.59 Å². The molecule has 6 nitrogen and oxygen atoms in total. The minimum absolute atomic E-state index is 0.242. The van der Waals surface area contributed by atoms with Crippen LogP contribution in [0.4, 0.5) is 0 Å². The molecule has 2 saturated heterocycles. The lowest BCUT2D eigenvalue weighted by Gasteiger charge is -2.40.